The molecule has 0 bridgehead atoms. The lowest BCUT2D eigenvalue weighted by Gasteiger charge is -2.27. The van der Waals surface area contributed by atoms with Crippen molar-refractivity contribution in [2.75, 3.05) is 20.6 Å². The monoisotopic (exact) mass is 204 g/mol. The molecule has 1 atom stereocenters. The molecule has 1 aromatic rings. The van der Waals surface area contributed by atoms with Gasteiger partial charge in [0, 0.05) is 18.2 Å². The molecule has 1 heterocycles. The zero-order valence-electron chi connectivity index (χ0n) is 9.16. The number of hydrogen-bond donors (Lipinski definition) is 1. The van der Waals surface area contributed by atoms with Gasteiger partial charge in [0.15, 0.2) is 0 Å². The van der Waals surface area contributed by atoms with Crippen LogP contribution in [0.5, 0.6) is 0 Å². The third kappa shape index (κ3) is 2.18. The number of hydrogen-bond acceptors (Lipinski definition) is 2. The molecule has 0 spiro atoms. The summed E-state index contributed by atoms with van der Waals surface area (Å²) in [5.41, 5.74) is 1.99. The predicted octanol–water partition coefficient (Wildman–Crippen LogP) is 0.903. The van der Waals surface area contributed by atoms with Gasteiger partial charge in [-0.25, -0.2) is 0 Å². The van der Waals surface area contributed by atoms with Crippen molar-refractivity contribution in [2.24, 2.45) is 0 Å². The molecule has 1 unspecified atom stereocenters. The van der Waals surface area contributed by atoms with Gasteiger partial charge in [-0.3, -0.25) is 4.79 Å². The van der Waals surface area contributed by atoms with E-state index in [1.165, 1.54) is 0 Å². The maximum atomic E-state index is 11.7. The van der Waals surface area contributed by atoms with Gasteiger partial charge in [-0.2, -0.15) is 0 Å². The molecule has 0 radical (unpaired) electrons. The Kier molecular flexibility index (Phi) is 2.73. The van der Waals surface area contributed by atoms with Gasteiger partial charge < -0.3 is 10.2 Å². The molecular formula is C12H16N2O. The lowest BCUT2D eigenvalue weighted by atomic mass is 9.95. The molecule has 0 saturated heterocycles. The van der Waals surface area contributed by atoms with Crippen molar-refractivity contribution in [2.45, 2.75) is 12.5 Å². The molecule has 1 aliphatic rings. The highest BCUT2D eigenvalue weighted by atomic mass is 16.1. The molecule has 15 heavy (non-hydrogen) atoms. The average Bonchev–Trinajstić information content (AvgIpc) is 2.16. The van der Waals surface area contributed by atoms with E-state index in [0.717, 1.165) is 24.1 Å². The van der Waals surface area contributed by atoms with Crippen LogP contribution >= 0.6 is 0 Å². The largest absolute Gasteiger partial charge is 0.348 e. The second kappa shape index (κ2) is 4.03. The molecule has 0 saturated carbocycles. The van der Waals surface area contributed by atoms with Gasteiger partial charge in [0.25, 0.3) is 5.91 Å². The van der Waals surface area contributed by atoms with Crippen LogP contribution in [0.3, 0.4) is 0 Å². The minimum Gasteiger partial charge on any atom is -0.348 e. The van der Waals surface area contributed by atoms with Gasteiger partial charge in [0.1, 0.15) is 0 Å². The Morgan fingerprint density at radius 3 is 2.87 bits per heavy atom. The van der Waals surface area contributed by atoms with Gasteiger partial charge in [-0.15, -0.1) is 0 Å². The Bertz CT molecular complexity index is 374. The molecule has 2 rings (SSSR count). The molecule has 0 aromatic heterocycles. The Balaban J connectivity index is 2.19. The van der Waals surface area contributed by atoms with Gasteiger partial charge in [0.2, 0.25) is 0 Å². The van der Waals surface area contributed by atoms with Crippen LogP contribution in [-0.4, -0.2) is 37.5 Å². The smallest absolute Gasteiger partial charge is 0.251 e. The van der Waals surface area contributed by atoms with E-state index in [1.54, 1.807) is 0 Å². The van der Waals surface area contributed by atoms with Crippen molar-refractivity contribution in [3.05, 3.63) is 35.4 Å². The average molecular weight is 204 g/mol. The second-order valence-corrected chi connectivity index (χ2v) is 4.29. The summed E-state index contributed by atoms with van der Waals surface area (Å²) in [6, 6.07) is 8.06. The van der Waals surface area contributed by atoms with Crippen LogP contribution in [-0.2, 0) is 6.42 Å². The van der Waals surface area contributed by atoms with Crippen molar-refractivity contribution in [1.82, 2.24) is 10.2 Å². The highest BCUT2D eigenvalue weighted by molar-refractivity contribution is 5.96. The summed E-state index contributed by atoms with van der Waals surface area (Å²) in [7, 11) is 4.04. The first-order valence-corrected chi connectivity index (χ1v) is 5.20. The lowest BCUT2D eigenvalue weighted by molar-refractivity contribution is 0.0917. The van der Waals surface area contributed by atoms with Crippen molar-refractivity contribution in [3.63, 3.8) is 0 Å². The molecule has 1 amide bonds. The fraction of sp³-hybridized carbons (Fsp3) is 0.417. The van der Waals surface area contributed by atoms with Gasteiger partial charge in [-0.1, -0.05) is 18.2 Å². The summed E-state index contributed by atoms with van der Waals surface area (Å²) >= 11 is 0. The predicted molar refractivity (Wildman–Crippen MR) is 60.0 cm³/mol. The van der Waals surface area contributed by atoms with E-state index in [1.807, 2.05) is 38.4 Å². The Morgan fingerprint density at radius 2 is 2.13 bits per heavy atom. The normalized spacial score (nSPS) is 19.9. The number of benzene rings is 1. The first-order valence-electron chi connectivity index (χ1n) is 5.20. The Morgan fingerprint density at radius 1 is 1.40 bits per heavy atom. The molecular weight excluding hydrogens is 188 g/mol. The topological polar surface area (TPSA) is 32.3 Å². The van der Waals surface area contributed by atoms with Crippen LogP contribution in [0.1, 0.15) is 15.9 Å². The quantitative estimate of drug-likeness (QED) is 0.776. The number of nitrogens with zero attached hydrogens (tertiary/aromatic N) is 1. The first kappa shape index (κ1) is 10.2. The SMILES string of the molecule is CN(C)CC1Cc2ccccc2C(=O)N1. The summed E-state index contributed by atoms with van der Waals surface area (Å²) in [5, 5.41) is 3.02. The number of fused-ring (bicyclic) bond motifs is 1. The van der Waals surface area contributed by atoms with E-state index >= 15 is 0 Å². The molecule has 3 nitrogen and oxygen atoms in total. The summed E-state index contributed by atoms with van der Waals surface area (Å²) < 4.78 is 0. The third-order valence-electron chi connectivity index (χ3n) is 2.65. The van der Waals surface area contributed by atoms with Crippen LogP contribution in [0.4, 0.5) is 0 Å². The number of amides is 1. The Labute approximate surface area is 90.1 Å². The van der Waals surface area contributed by atoms with Crippen LogP contribution in [0.25, 0.3) is 0 Å². The number of nitrogens with one attached hydrogen (secondary N) is 1. The first-order chi connectivity index (χ1) is 7.16. The highest BCUT2D eigenvalue weighted by Gasteiger charge is 2.23. The summed E-state index contributed by atoms with van der Waals surface area (Å²) in [6.45, 7) is 0.889. The highest BCUT2D eigenvalue weighted by Crippen LogP contribution is 2.16. The molecule has 80 valence electrons. The number of carbonyl (C=O) groups excluding carboxylic acids is 1. The fourth-order valence-electron chi connectivity index (χ4n) is 2.05. The van der Waals surface area contributed by atoms with E-state index in [2.05, 4.69) is 10.2 Å². The maximum Gasteiger partial charge on any atom is 0.251 e. The van der Waals surface area contributed by atoms with Crippen LogP contribution in [0, 0.1) is 0 Å². The maximum absolute atomic E-state index is 11.7. The lowest BCUT2D eigenvalue weighted by Crippen LogP contribution is -2.46. The minimum absolute atomic E-state index is 0.0590. The van der Waals surface area contributed by atoms with Gasteiger partial charge >= 0.3 is 0 Å². The zero-order valence-corrected chi connectivity index (χ0v) is 9.16. The molecule has 1 aromatic carbocycles. The van der Waals surface area contributed by atoms with E-state index in [-0.39, 0.29) is 11.9 Å². The molecule has 0 fully saturated rings. The van der Waals surface area contributed by atoms with Crippen molar-refractivity contribution < 1.29 is 4.79 Å². The van der Waals surface area contributed by atoms with E-state index < -0.39 is 0 Å². The molecule has 1 aliphatic heterocycles. The summed E-state index contributed by atoms with van der Waals surface area (Å²) in [6.07, 6.45) is 0.931. The van der Waals surface area contributed by atoms with E-state index in [4.69, 9.17) is 0 Å². The van der Waals surface area contributed by atoms with Crippen LogP contribution in [0.2, 0.25) is 0 Å². The van der Waals surface area contributed by atoms with Crippen LogP contribution < -0.4 is 5.32 Å². The standard InChI is InChI=1S/C12H16N2O/c1-14(2)8-10-7-9-5-3-4-6-11(9)12(15)13-10/h3-6,10H,7-8H2,1-2H3,(H,13,15). The zero-order chi connectivity index (χ0) is 10.8. The molecule has 3 heteroatoms. The van der Waals surface area contributed by atoms with E-state index in [0.29, 0.717) is 0 Å². The Hall–Kier alpha value is -1.35. The van der Waals surface area contributed by atoms with E-state index in [9.17, 15) is 4.79 Å². The van der Waals surface area contributed by atoms with Crippen molar-refractivity contribution in [1.29, 1.82) is 0 Å². The second-order valence-electron chi connectivity index (χ2n) is 4.29. The summed E-state index contributed by atoms with van der Waals surface area (Å²) in [4.78, 5) is 13.8. The van der Waals surface area contributed by atoms with Crippen LogP contribution in [0.15, 0.2) is 24.3 Å². The van der Waals surface area contributed by atoms with Gasteiger partial charge in [0.05, 0.1) is 0 Å². The number of carbonyl (C=O) groups is 1. The molecule has 1 N–H and O–H groups in total. The number of likely N-dealkylation sites (N-methyl/N-ethyl adjacent to an activating group) is 1. The summed E-state index contributed by atoms with van der Waals surface area (Å²) in [5.74, 6) is 0.0590. The number of rotatable bonds is 2. The fourth-order valence-corrected chi connectivity index (χ4v) is 2.05. The van der Waals surface area contributed by atoms with Crippen molar-refractivity contribution in [3.8, 4) is 0 Å². The third-order valence-corrected chi connectivity index (χ3v) is 2.65. The molecule has 0 aliphatic carbocycles. The van der Waals surface area contributed by atoms with Gasteiger partial charge in [-0.05, 0) is 32.1 Å². The minimum atomic E-state index is 0.0590. The van der Waals surface area contributed by atoms with Crippen molar-refractivity contribution >= 4 is 5.91 Å².